The van der Waals surface area contributed by atoms with Gasteiger partial charge in [0, 0.05) is 29.2 Å². The molecule has 0 saturated heterocycles. The lowest BCUT2D eigenvalue weighted by Gasteiger charge is -2.07. The summed E-state index contributed by atoms with van der Waals surface area (Å²) in [4.78, 5) is 12.7. The average molecular weight is 415 g/mol. The fourth-order valence-electron chi connectivity index (χ4n) is 3.12. The SMILES string of the molecule is CCCn1c(C)cc(C(=O)CSc2nnc(Nc3ccc(C)c(C)c3)s2)c1C. The second-order valence-electron chi connectivity index (χ2n) is 6.95. The van der Waals surface area contributed by atoms with Gasteiger partial charge in [0.15, 0.2) is 10.1 Å². The molecular formula is C21H26N4OS2. The normalized spacial score (nSPS) is 11.0. The number of aromatic nitrogens is 3. The van der Waals surface area contributed by atoms with Crippen LogP contribution in [0.2, 0.25) is 0 Å². The highest BCUT2D eigenvalue weighted by molar-refractivity contribution is 8.01. The van der Waals surface area contributed by atoms with E-state index in [4.69, 9.17) is 0 Å². The maximum absolute atomic E-state index is 12.7. The minimum absolute atomic E-state index is 0.138. The Hall–Kier alpha value is -2.12. The molecule has 3 aromatic rings. The van der Waals surface area contributed by atoms with Crippen molar-refractivity contribution in [3.05, 3.63) is 52.3 Å². The van der Waals surface area contributed by atoms with Gasteiger partial charge in [-0.3, -0.25) is 4.79 Å². The van der Waals surface area contributed by atoms with Crippen molar-refractivity contribution in [3.8, 4) is 0 Å². The van der Waals surface area contributed by atoms with E-state index in [-0.39, 0.29) is 5.78 Å². The van der Waals surface area contributed by atoms with E-state index in [1.54, 1.807) is 0 Å². The van der Waals surface area contributed by atoms with Gasteiger partial charge in [0.25, 0.3) is 0 Å². The van der Waals surface area contributed by atoms with Crippen LogP contribution in [0.25, 0.3) is 0 Å². The molecular weight excluding hydrogens is 388 g/mol. The zero-order chi connectivity index (χ0) is 20.3. The van der Waals surface area contributed by atoms with E-state index in [1.165, 1.54) is 34.2 Å². The van der Waals surface area contributed by atoms with E-state index in [0.29, 0.717) is 5.75 Å². The van der Waals surface area contributed by atoms with Crippen molar-refractivity contribution in [2.75, 3.05) is 11.1 Å². The number of anilines is 2. The molecule has 0 unspecified atom stereocenters. The van der Waals surface area contributed by atoms with Crippen molar-refractivity contribution in [1.82, 2.24) is 14.8 Å². The van der Waals surface area contributed by atoms with E-state index in [2.05, 4.69) is 59.9 Å². The topological polar surface area (TPSA) is 59.8 Å². The Morgan fingerprint density at radius 1 is 1.14 bits per heavy atom. The van der Waals surface area contributed by atoms with E-state index in [1.807, 2.05) is 19.1 Å². The van der Waals surface area contributed by atoms with Crippen molar-refractivity contribution in [1.29, 1.82) is 0 Å². The van der Waals surface area contributed by atoms with Crippen molar-refractivity contribution < 1.29 is 4.79 Å². The number of nitrogens with one attached hydrogen (secondary N) is 1. The number of thioether (sulfide) groups is 1. The van der Waals surface area contributed by atoms with Crippen molar-refractivity contribution in [3.63, 3.8) is 0 Å². The monoisotopic (exact) mass is 414 g/mol. The zero-order valence-electron chi connectivity index (χ0n) is 17.0. The van der Waals surface area contributed by atoms with Gasteiger partial charge in [-0.25, -0.2) is 0 Å². The number of hydrogen-bond acceptors (Lipinski definition) is 6. The Morgan fingerprint density at radius 2 is 1.93 bits per heavy atom. The lowest BCUT2D eigenvalue weighted by atomic mass is 10.1. The number of ketones is 1. The maximum atomic E-state index is 12.7. The number of Topliss-reactive ketones (excluding diaryl/α,β-unsaturated/α-hetero) is 1. The van der Waals surface area contributed by atoms with E-state index in [9.17, 15) is 4.79 Å². The molecule has 0 aliphatic carbocycles. The zero-order valence-corrected chi connectivity index (χ0v) is 18.6. The minimum atomic E-state index is 0.138. The first-order valence-electron chi connectivity index (χ1n) is 9.39. The molecule has 0 atom stereocenters. The molecule has 0 aliphatic heterocycles. The van der Waals surface area contributed by atoms with Crippen molar-refractivity contribution in [2.24, 2.45) is 0 Å². The Kier molecular flexibility index (Phi) is 6.57. The van der Waals surface area contributed by atoms with Crippen LogP contribution in [0.3, 0.4) is 0 Å². The number of hydrogen-bond donors (Lipinski definition) is 1. The molecule has 2 aromatic heterocycles. The molecule has 1 aromatic carbocycles. The Bertz CT molecular complexity index is 990. The second-order valence-corrected chi connectivity index (χ2v) is 9.15. The Morgan fingerprint density at radius 3 is 2.64 bits per heavy atom. The van der Waals surface area contributed by atoms with Gasteiger partial charge in [-0.15, -0.1) is 10.2 Å². The number of benzene rings is 1. The van der Waals surface area contributed by atoms with E-state index in [0.717, 1.165) is 45.1 Å². The quantitative estimate of drug-likeness (QED) is 0.378. The second kappa shape index (κ2) is 8.92. The highest BCUT2D eigenvalue weighted by Gasteiger charge is 2.16. The molecule has 5 nitrogen and oxygen atoms in total. The first-order valence-corrected chi connectivity index (χ1v) is 11.2. The summed E-state index contributed by atoms with van der Waals surface area (Å²) in [7, 11) is 0. The fourth-order valence-corrected chi connectivity index (χ4v) is 4.77. The van der Waals surface area contributed by atoms with Gasteiger partial charge < -0.3 is 9.88 Å². The van der Waals surface area contributed by atoms with Crippen LogP contribution in [0.5, 0.6) is 0 Å². The van der Waals surface area contributed by atoms with Gasteiger partial charge >= 0.3 is 0 Å². The number of carbonyl (C=O) groups is 1. The molecule has 0 saturated carbocycles. The smallest absolute Gasteiger partial charge is 0.210 e. The Labute approximate surface area is 174 Å². The largest absolute Gasteiger partial charge is 0.348 e. The van der Waals surface area contributed by atoms with Crippen LogP contribution in [-0.2, 0) is 6.54 Å². The molecule has 28 heavy (non-hydrogen) atoms. The number of nitrogens with zero attached hydrogens (tertiary/aromatic N) is 3. The molecule has 0 amide bonds. The fraction of sp³-hybridized carbons (Fsp3) is 0.381. The summed E-state index contributed by atoms with van der Waals surface area (Å²) in [5, 5.41) is 12.4. The van der Waals surface area contributed by atoms with Gasteiger partial charge in [-0.05, 0) is 63.4 Å². The van der Waals surface area contributed by atoms with E-state index < -0.39 is 0 Å². The van der Waals surface area contributed by atoms with Gasteiger partial charge in [0.05, 0.1) is 5.75 Å². The van der Waals surface area contributed by atoms with E-state index >= 15 is 0 Å². The summed E-state index contributed by atoms with van der Waals surface area (Å²) in [6.07, 6.45) is 1.06. The van der Waals surface area contributed by atoms with Crippen LogP contribution >= 0.6 is 23.1 Å². The Balaban J connectivity index is 1.62. The van der Waals surface area contributed by atoms with Crippen LogP contribution < -0.4 is 5.32 Å². The van der Waals surface area contributed by atoms with Crippen LogP contribution in [0.15, 0.2) is 28.6 Å². The van der Waals surface area contributed by atoms with Gasteiger partial charge in [0.1, 0.15) is 0 Å². The van der Waals surface area contributed by atoms with Crippen molar-refractivity contribution >= 4 is 39.7 Å². The highest BCUT2D eigenvalue weighted by atomic mass is 32.2. The third kappa shape index (κ3) is 4.64. The molecule has 1 N–H and O–H groups in total. The first kappa shape index (κ1) is 20.6. The summed E-state index contributed by atoms with van der Waals surface area (Å²) in [6, 6.07) is 8.22. The number of rotatable bonds is 8. The van der Waals surface area contributed by atoms with Gasteiger partial charge in [-0.1, -0.05) is 36.1 Å². The molecule has 148 valence electrons. The van der Waals surface area contributed by atoms with Crippen LogP contribution in [-0.4, -0.2) is 26.3 Å². The summed E-state index contributed by atoms with van der Waals surface area (Å²) >= 11 is 2.91. The average Bonchev–Trinajstić information content (AvgIpc) is 3.22. The van der Waals surface area contributed by atoms with Crippen LogP contribution in [0.1, 0.15) is 46.2 Å². The molecule has 2 heterocycles. The molecule has 0 bridgehead atoms. The summed E-state index contributed by atoms with van der Waals surface area (Å²) in [5.41, 5.74) is 6.50. The molecule has 7 heteroatoms. The number of aryl methyl sites for hydroxylation is 3. The highest BCUT2D eigenvalue weighted by Crippen LogP contribution is 2.29. The maximum Gasteiger partial charge on any atom is 0.210 e. The lowest BCUT2D eigenvalue weighted by molar-refractivity contribution is 0.102. The summed E-state index contributed by atoms with van der Waals surface area (Å²) in [5.74, 6) is 0.508. The molecule has 0 aliphatic rings. The third-order valence-corrected chi connectivity index (χ3v) is 6.78. The van der Waals surface area contributed by atoms with Crippen molar-refractivity contribution in [2.45, 2.75) is 51.9 Å². The van der Waals surface area contributed by atoms with Gasteiger partial charge in [0.2, 0.25) is 5.13 Å². The number of carbonyl (C=O) groups excluding carboxylic acids is 1. The summed E-state index contributed by atoms with van der Waals surface area (Å²) < 4.78 is 3.01. The summed E-state index contributed by atoms with van der Waals surface area (Å²) in [6.45, 7) is 11.4. The standard InChI is InChI=1S/C21H26N4OS2/c1-6-9-25-15(4)11-18(16(25)5)19(26)12-27-21-24-23-20(28-21)22-17-8-7-13(2)14(3)10-17/h7-8,10-11H,6,9,12H2,1-5H3,(H,22,23). The predicted molar refractivity (Wildman–Crippen MR) is 118 cm³/mol. The van der Waals surface area contributed by atoms with Crippen LogP contribution in [0, 0.1) is 27.7 Å². The minimum Gasteiger partial charge on any atom is -0.348 e. The molecule has 0 radical (unpaired) electrons. The first-order chi connectivity index (χ1) is 13.4. The third-order valence-electron chi connectivity index (χ3n) is 4.81. The molecule has 3 rings (SSSR count). The predicted octanol–water partition coefficient (Wildman–Crippen LogP) is 5.70. The molecule has 0 fully saturated rings. The lowest BCUT2D eigenvalue weighted by Crippen LogP contribution is -2.06. The van der Waals surface area contributed by atoms with Gasteiger partial charge in [-0.2, -0.15) is 0 Å². The van der Waals surface area contributed by atoms with Crippen LogP contribution in [0.4, 0.5) is 10.8 Å². The molecule has 0 spiro atoms.